The first-order valence-corrected chi connectivity index (χ1v) is 7.24. The first-order valence-electron chi connectivity index (χ1n) is 7.24. The fraction of sp³-hybridized carbons (Fsp3) is 0.562. The van der Waals surface area contributed by atoms with E-state index in [4.69, 9.17) is 4.74 Å². The van der Waals surface area contributed by atoms with Crippen molar-refractivity contribution in [2.75, 3.05) is 11.9 Å². The maximum Gasteiger partial charge on any atom is 0.227 e. The molecule has 1 rings (SSSR count). The van der Waals surface area contributed by atoms with E-state index in [1.807, 2.05) is 31.2 Å². The van der Waals surface area contributed by atoms with Crippen molar-refractivity contribution < 1.29 is 9.53 Å². The van der Waals surface area contributed by atoms with Gasteiger partial charge >= 0.3 is 0 Å². The smallest absolute Gasteiger partial charge is 0.227 e. The number of anilines is 1. The maximum absolute atomic E-state index is 12.2. The van der Waals surface area contributed by atoms with Gasteiger partial charge in [-0.25, -0.2) is 0 Å². The topological polar surface area (TPSA) is 38.3 Å². The average molecular weight is 263 g/mol. The Hall–Kier alpha value is -1.51. The highest BCUT2D eigenvalue weighted by Gasteiger charge is 2.16. The van der Waals surface area contributed by atoms with E-state index in [-0.39, 0.29) is 11.8 Å². The van der Waals surface area contributed by atoms with Crippen LogP contribution in [0.25, 0.3) is 0 Å². The number of carbonyl (C=O) groups excluding carboxylic acids is 1. The molecule has 0 bridgehead atoms. The highest BCUT2D eigenvalue weighted by Crippen LogP contribution is 2.19. The number of hydrogen-bond acceptors (Lipinski definition) is 2. The minimum atomic E-state index is 0.126. The quantitative estimate of drug-likeness (QED) is 0.761. The van der Waals surface area contributed by atoms with E-state index in [2.05, 4.69) is 19.2 Å². The zero-order valence-corrected chi connectivity index (χ0v) is 12.2. The summed E-state index contributed by atoms with van der Waals surface area (Å²) in [5.74, 6) is 1.09. The van der Waals surface area contributed by atoms with Gasteiger partial charge in [-0.3, -0.25) is 4.79 Å². The third-order valence-electron chi connectivity index (χ3n) is 3.08. The Morgan fingerprint density at radius 3 is 2.16 bits per heavy atom. The third kappa shape index (κ3) is 5.33. The number of benzene rings is 1. The van der Waals surface area contributed by atoms with E-state index >= 15 is 0 Å². The molecule has 0 atom stereocenters. The Morgan fingerprint density at radius 1 is 1.11 bits per heavy atom. The van der Waals surface area contributed by atoms with Crippen LogP contribution < -0.4 is 10.1 Å². The predicted molar refractivity (Wildman–Crippen MR) is 79.5 cm³/mol. The van der Waals surface area contributed by atoms with Crippen LogP contribution in [0.2, 0.25) is 0 Å². The fourth-order valence-electron chi connectivity index (χ4n) is 2.15. The maximum atomic E-state index is 12.2. The van der Waals surface area contributed by atoms with Crippen LogP contribution in [-0.2, 0) is 4.79 Å². The molecule has 0 aliphatic heterocycles. The largest absolute Gasteiger partial charge is 0.494 e. The Bertz CT molecular complexity index is 367. The van der Waals surface area contributed by atoms with Gasteiger partial charge in [0.25, 0.3) is 0 Å². The van der Waals surface area contributed by atoms with Crippen molar-refractivity contribution >= 4 is 11.6 Å². The molecule has 1 N–H and O–H groups in total. The van der Waals surface area contributed by atoms with Crippen LogP contribution in [0.15, 0.2) is 24.3 Å². The highest BCUT2D eigenvalue weighted by atomic mass is 16.5. The number of ether oxygens (including phenoxy) is 1. The number of rotatable bonds is 8. The molecular formula is C16H25NO2. The normalized spacial score (nSPS) is 10.5. The predicted octanol–water partition coefficient (Wildman–Crippen LogP) is 4.24. The lowest BCUT2D eigenvalue weighted by Crippen LogP contribution is -2.22. The SMILES string of the molecule is CCCC(CCC)C(=O)Nc1ccc(OCC)cc1. The van der Waals surface area contributed by atoms with Gasteiger partial charge in [-0.05, 0) is 44.0 Å². The van der Waals surface area contributed by atoms with Crippen molar-refractivity contribution in [2.24, 2.45) is 5.92 Å². The van der Waals surface area contributed by atoms with E-state index in [0.717, 1.165) is 37.1 Å². The molecule has 0 fully saturated rings. The van der Waals surface area contributed by atoms with E-state index < -0.39 is 0 Å². The van der Waals surface area contributed by atoms with E-state index in [9.17, 15) is 4.79 Å². The molecule has 0 aromatic heterocycles. The molecule has 0 aliphatic rings. The van der Waals surface area contributed by atoms with Gasteiger partial charge in [0, 0.05) is 11.6 Å². The molecule has 0 radical (unpaired) electrons. The molecule has 1 aromatic rings. The molecule has 0 saturated heterocycles. The lowest BCUT2D eigenvalue weighted by atomic mass is 9.97. The summed E-state index contributed by atoms with van der Waals surface area (Å²) in [6.45, 7) is 6.84. The summed E-state index contributed by atoms with van der Waals surface area (Å²) in [7, 11) is 0. The fourth-order valence-corrected chi connectivity index (χ4v) is 2.15. The minimum Gasteiger partial charge on any atom is -0.494 e. The number of carbonyl (C=O) groups is 1. The van der Waals surface area contributed by atoms with Crippen LogP contribution in [0.4, 0.5) is 5.69 Å². The van der Waals surface area contributed by atoms with E-state index in [1.54, 1.807) is 0 Å². The molecule has 19 heavy (non-hydrogen) atoms. The van der Waals surface area contributed by atoms with Crippen LogP contribution >= 0.6 is 0 Å². The van der Waals surface area contributed by atoms with Crippen molar-refractivity contribution in [3.63, 3.8) is 0 Å². The Balaban J connectivity index is 2.58. The van der Waals surface area contributed by atoms with Gasteiger partial charge in [0.15, 0.2) is 0 Å². The van der Waals surface area contributed by atoms with Crippen LogP contribution in [0, 0.1) is 5.92 Å². The standard InChI is InChI=1S/C16H25NO2/c1-4-7-13(8-5-2)16(18)17-14-9-11-15(12-10-14)19-6-3/h9-13H,4-8H2,1-3H3,(H,17,18). The van der Waals surface area contributed by atoms with E-state index in [1.165, 1.54) is 0 Å². The van der Waals surface area contributed by atoms with Crippen molar-refractivity contribution in [3.8, 4) is 5.75 Å². The zero-order valence-electron chi connectivity index (χ0n) is 12.2. The third-order valence-corrected chi connectivity index (χ3v) is 3.08. The number of hydrogen-bond donors (Lipinski definition) is 1. The first-order chi connectivity index (χ1) is 9.21. The lowest BCUT2D eigenvalue weighted by molar-refractivity contribution is -0.120. The van der Waals surface area contributed by atoms with Crippen LogP contribution in [0.3, 0.4) is 0 Å². The van der Waals surface area contributed by atoms with Crippen LogP contribution in [-0.4, -0.2) is 12.5 Å². The second-order valence-corrected chi connectivity index (χ2v) is 4.72. The van der Waals surface area contributed by atoms with Gasteiger partial charge in [-0.1, -0.05) is 26.7 Å². The molecule has 0 saturated carbocycles. The molecule has 0 spiro atoms. The second-order valence-electron chi connectivity index (χ2n) is 4.72. The summed E-state index contributed by atoms with van der Waals surface area (Å²) in [5.41, 5.74) is 0.839. The molecule has 0 unspecified atom stereocenters. The molecule has 106 valence electrons. The van der Waals surface area contributed by atoms with Gasteiger partial charge in [-0.15, -0.1) is 0 Å². The van der Waals surface area contributed by atoms with Gasteiger partial charge < -0.3 is 10.1 Å². The molecule has 3 nitrogen and oxygen atoms in total. The average Bonchev–Trinajstić information content (AvgIpc) is 2.41. The summed E-state index contributed by atoms with van der Waals surface area (Å²) in [6.07, 6.45) is 4.00. The molecule has 0 aliphatic carbocycles. The summed E-state index contributed by atoms with van der Waals surface area (Å²) < 4.78 is 5.38. The Kier molecular flexibility index (Phi) is 7.01. The summed E-state index contributed by atoms with van der Waals surface area (Å²) in [6, 6.07) is 7.54. The second kappa shape index (κ2) is 8.57. The van der Waals surface area contributed by atoms with Crippen molar-refractivity contribution in [3.05, 3.63) is 24.3 Å². The van der Waals surface area contributed by atoms with Gasteiger partial charge in [-0.2, -0.15) is 0 Å². The molecule has 0 heterocycles. The minimum absolute atomic E-state index is 0.126. The van der Waals surface area contributed by atoms with E-state index in [0.29, 0.717) is 6.61 Å². The lowest BCUT2D eigenvalue weighted by Gasteiger charge is -2.15. The number of amides is 1. The molecule has 3 heteroatoms. The summed E-state index contributed by atoms with van der Waals surface area (Å²) >= 11 is 0. The Morgan fingerprint density at radius 2 is 1.68 bits per heavy atom. The molecule has 1 amide bonds. The highest BCUT2D eigenvalue weighted by molar-refractivity contribution is 5.92. The van der Waals surface area contributed by atoms with Gasteiger partial charge in [0.2, 0.25) is 5.91 Å². The first kappa shape index (κ1) is 15.5. The van der Waals surface area contributed by atoms with Crippen LogP contribution in [0.1, 0.15) is 46.5 Å². The summed E-state index contributed by atoms with van der Waals surface area (Å²) in [4.78, 5) is 12.2. The van der Waals surface area contributed by atoms with Crippen molar-refractivity contribution in [1.29, 1.82) is 0 Å². The summed E-state index contributed by atoms with van der Waals surface area (Å²) in [5, 5.41) is 2.99. The zero-order chi connectivity index (χ0) is 14.1. The van der Waals surface area contributed by atoms with Crippen LogP contribution in [0.5, 0.6) is 5.75 Å². The Labute approximate surface area is 116 Å². The molecular weight excluding hydrogens is 238 g/mol. The molecule has 1 aromatic carbocycles. The van der Waals surface area contributed by atoms with Gasteiger partial charge in [0.05, 0.1) is 6.61 Å². The number of nitrogens with one attached hydrogen (secondary N) is 1. The van der Waals surface area contributed by atoms with Gasteiger partial charge in [0.1, 0.15) is 5.75 Å². The monoisotopic (exact) mass is 263 g/mol. The van der Waals surface area contributed by atoms with Crippen molar-refractivity contribution in [1.82, 2.24) is 0 Å². The van der Waals surface area contributed by atoms with Crippen molar-refractivity contribution in [2.45, 2.75) is 46.5 Å².